The number of hydrogen-bond donors (Lipinski definition) is 1. The fourth-order valence-corrected chi connectivity index (χ4v) is 2.54. The molecule has 0 spiro atoms. The molecule has 0 saturated carbocycles. The number of carbonyl (C=O) groups is 1. The lowest BCUT2D eigenvalue weighted by atomic mass is 10.1. The van der Waals surface area contributed by atoms with Crippen LogP contribution in [0.5, 0.6) is 5.75 Å². The van der Waals surface area contributed by atoms with Gasteiger partial charge in [0.05, 0.1) is 12.2 Å². The predicted molar refractivity (Wildman–Crippen MR) is 78.5 cm³/mol. The Kier molecular flexibility index (Phi) is 5.41. The molecule has 1 aliphatic heterocycles. The van der Waals surface area contributed by atoms with Gasteiger partial charge in [0.15, 0.2) is 0 Å². The highest BCUT2D eigenvalue weighted by molar-refractivity contribution is 5.88. The van der Waals surface area contributed by atoms with E-state index >= 15 is 0 Å². The smallest absolute Gasteiger partial charge is 0.335 e. The van der Waals surface area contributed by atoms with E-state index in [2.05, 4.69) is 4.90 Å². The van der Waals surface area contributed by atoms with E-state index in [-0.39, 0.29) is 5.56 Å². The molecule has 1 N–H and O–H groups in total. The van der Waals surface area contributed by atoms with Crippen molar-refractivity contribution in [3.05, 3.63) is 29.3 Å². The zero-order chi connectivity index (χ0) is 14.4. The summed E-state index contributed by atoms with van der Waals surface area (Å²) >= 11 is 0. The van der Waals surface area contributed by atoms with Gasteiger partial charge in [0.25, 0.3) is 0 Å². The second kappa shape index (κ2) is 7.29. The largest absolute Gasteiger partial charge is 0.493 e. The van der Waals surface area contributed by atoms with Gasteiger partial charge in [-0.2, -0.15) is 0 Å². The number of nitrogens with zero attached hydrogens (tertiary/aromatic N) is 1. The number of carboxylic acids is 1. The SMILES string of the molecule is Cc1ccc(C(=O)O)cc1OCCCN1CCCCC1. The van der Waals surface area contributed by atoms with E-state index in [9.17, 15) is 4.79 Å². The third-order valence-electron chi connectivity index (χ3n) is 3.76. The highest BCUT2D eigenvalue weighted by Gasteiger charge is 2.10. The van der Waals surface area contributed by atoms with Crippen molar-refractivity contribution in [3.8, 4) is 5.75 Å². The fraction of sp³-hybridized carbons (Fsp3) is 0.562. The number of aryl methyl sites for hydroxylation is 1. The maximum atomic E-state index is 10.9. The van der Waals surface area contributed by atoms with E-state index in [1.165, 1.54) is 32.4 Å². The second-order valence-electron chi connectivity index (χ2n) is 5.39. The lowest BCUT2D eigenvalue weighted by Gasteiger charge is -2.26. The lowest BCUT2D eigenvalue weighted by Crippen LogP contribution is -2.31. The van der Waals surface area contributed by atoms with E-state index in [0.717, 1.165) is 18.5 Å². The van der Waals surface area contributed by atoms with Crippen LogP contribution < -0.4 is 4.74 Å². The Balaban J connectivity index is 1.78. The van der Waals surface area contributed by atoms with Gasteiger partial charge < -0.3 is 14.7 Å². The second-order valence-corrected chi connectivity index (χ2v) is 5.39. The summed E-state index contributed by atoms with van der Waals surface area (Å²) in [5.41, 5.74) is 1.26. The summed E-state index contributed by atoms with van der Waals surface area (Å²) in [6, 6.07) is 5.01. The molecule has 4 heteroatoms. The first-order valence-corrected chi connectivity index (χ1v) is 7.36. The summed E-state index contributed by atoms with van der Waals surface area (Å²) < 4.78 is 5.73. The van der Waals surface area contributed by atoms with Gasteiger partial charge in [-0.25, -0.2) is 4.79 Å². The van der Waals surface area contributed by atoms with E-state index in [0.29, 0.717) is 12.4 Å². The highest BCUT2D eigenvalue weighted by atomic mass is 16.5. The van der Waals surface area contributed by atoms with Crippen molar-refractivity contribution in [2.24, 2.45) is 0 Å². The third-order valence-corrected chi connectivity index (χ3v) is 3.76. The van der Waals surface area contributed by atoms with Crippen LogP contribution in [0.4, 0.5) is 0 Å². The number of hydrogen-bond acceptors (Lipinski definition) is 3. The van der Waals surface area contributed by atoms with Gasteiger partial charge in [-0.15, -0.1) is 0 Å². The third kappa shape index (κ3) is 4.23. The summed E-state index contributed by atoms with van der Waals surface area (Å²) in [5.74, 6) is -0.230. The van der Waals surface area contributed by atoms with E-state index in [1.807, 2.05) is 6.92 Å². The molecule has 0 aliphatic carbocycles. The van der Waals surface area contributed by atoms with E-state index in [1.54, 1.807) is 18.2 Å². The Bertz CT molecular complexity index is 453. The van der Waals surface area contributed by atoms with E-state index in [4.69, 9.17) is 9.84 Å². The molecular formula is C16H23NO3. The average Bonchev–Trinajstić information content (AvgIpc) is 2.46. The van der Waals surface area contributed by atoms with Crippen LogP contribution in [0.1, 0.15) is 41.6 Å². The van der Waals surface area contributed by atoms with Crippen LogP contribution in [0, 0.1) is 6.92 Å². The molecule has 0 amide bonds. The minimum atomic E-state index is -0.914. The Hall–Kier alpha value is -1.55. The van der Waals surface area contributed by atoms with Crippen molar-refractivity contribution in [1.29, 1.82) is 0 Å². The summed E-state index contributed by atoms with van der Waals surface area (Å²) in [6.07, 6.45) is 4.95. The number of rotatable bonds is 6. The van der Waals surface area contributed by atoms with Crippen LogP contribution in [-0.2, 0) is 0 Å². The molecule has 0 bridgehead atoms. The quantitative estimate of drug-likeness (QED) is 0.812. The first kappa shape index (κ1) is 14.9. The van der Waals surface area contributed by atoms with Crippen LogP contribution in [0.25, 0.3) is 0 Å². The molecule has 1 aromatic carbocycles. The molecule has 20 heavy (non-hydrogen) atoms. The molecule has 0 aromatic heterocycles. The molecule has 1 aliphatic rings. The van der Waals surface area contributed by atoms with Gasteiger partial charge in [0.2, 0.25) is 0 Å². The summed E-state index contributed by atoms with van der Waals surface area (Å²) in [7, 11) is 0. The van der Waals surface area contributed by atoms with Crippen LogP contribution in [-0.4, -0.2) is 42.2 Å². The predicted octanol–water partition coefficient (Wildman–Crippen LogP) is 2.95. The van der Waals surface area contributed by atoms with Crippen molar-refractivity contribution < 1.29 is 14.6 Å². The van der Waals surface area contributed by atoms with Crippen molar-refractivity contribution in [3.63, 3.8) is 0 Å². The zero-order valence-corrected chi connectivity index (χ0v) is 12.1. The minimum absolute atomic E-state index is 0.279. The number of aromatic carboxylic acids is 1. The Labute approximate surface area is 120 Å². The average molecular weight is 277 g/mol. The maximum absolute atomic E-state index is 10.9. The highest BCUT2D eigenvalue weighted by Crippen LogP contribution is 2.20. The number of benzene rings is 1. The molecule has 1 heterocycles. The molecule has 1 aromatic rings. The Morgan fingerprint density at radius 3 is 2.75 bits per heavy atom. The summed E-state index contributed by atoms with van der Waals surface area (Å²) in [4.78, 5) is 13.4. The number of likely N-dealkylation sites (tertiary alicyclic amines) is 1. The minimum Gasteiger partial charge on any atom is -0.493 e. The molecule has 2 rings (SSSR count). The van der Waals surface area contributed by atoms with Crippen molar-refractivity contribution in [1.82, 2.24) is 4.90 Å². The van der Waals surface area contributed by atoms with Crippen molar-refractivity contribution in [2.45, 2.75) is 32.6 Å². The van der Waals surface area contributed by atoms with Crippen molar-refractivity contribution >= 4 is 5.97 Å². The maximum Gasteiger partial charge on any atom is 0.335 e. The lowest BCUT2D eigenvalue weighted by molar-refractivity contribution is 0.0696. The van der Waals surface area contributed by atoms with Crippen LogP contribution >= 0.6 is 0 Å². The van der Waals surface area contributed by atoms with Gasteiger partial charge >= 0.3 is 5.97 Å². The number of ether oxygens (including phenoxy) is 1. The van der Waals surface area contributed by atoms with Crippen LogP contribution in [0.2, 0.25) is 0 Å². The first-order valence-electron chi connectivity index (χ1n) is 7.36. The van der Waals surface area contributed by atoms with Gasteiger partial charge in [-0.3, -0.25) is 0 Å². The molecule has 4 nitrogen and oxygen atoms in total. The molecule has 1 fully saturated rings. The fourth-order valence-electron chi connectivity index (χ4n) is 2.54. The zero-order valence-electron chi connectivity index (χ0n) is 12.1. The standard InChI is InChI=1S/C16H23NO3/c1-13-6-7-14(16(18)19)12-15(13)20-11-5-10-17-8-3-2-4-9-17/h6-7,12H,2-5,8-11H2,1H3,(H,18,19). The number of carboxylic acid groups (broad SMARTS) is 1. The molecule has 110 valence electrons. The summed E-state index contributed by atoms with van der Waals surface area (Å²) in [5, 5.41) is 8.98. The number of piperidine rings is 1. The van der Waals surface area contributed by atoms with Crippen molar-refractivity contribution in [2.75, 3.05) is 26.2 Å². The molecule has 0 unspecified atom stereocenters. The Morgan fingerprint density at radius 1 is 1.30 bits per heavy atom. The molecule has 0 atom stereocenters. The van der Waals surface area contributed by atoms with Gasteiger partial charge in [-0.05, 0) is 57.0 Å². The topological polar surface area (TPSA) is 49.8 Å². The van der Waals surface area contributed by atoms with Crippen LogP contribution in [0.15, 0.2) is 18.2 Å². The van der Waals surface area contributed by atoms with E-state index < -0.39 is 5.97 Å². The monoisotopic (exact) mass is 277 g/mol. The first-order chi connectivity index (χ1) is 9.66. The molecule has 0 radical (unpaired) electrons. The molecule has 1 saturated heterocycles. The van der Waals surface area contributed by atoms with Gasteiger partial charge in [-0.1, -0.05) is 12.5 Å². The van der Waals surface area contributed by atoms with Gasteiger partial charge in [0.1, 0.15) is 5.75 Å². The Morgan fingerprint density at radius 2 is 2.05 bits per heavy atom. The summed E-state index contributed by atoms with van der Waals surface area (Å²) in [6.45, 7) is 6.05. The van der Waals surface area contributed by atoms with Crippen LogP contribution in [0.3, 0.4) is 0 Å². The van der Waals surface area contributed by atoms with Gasteiger partial charge in [0, 0.05) is 6.54 Å². The normalized spacial score (nSPS) is 16.1. The molecular weight excluding hydrogens is 254 g/mol.